The molecule has 0 aliphatic carbocycles. The minimum absolute atomic E-state index is 0.196. The van der Waals surface area contributed by atoms with Crippen LogP contribution in [0.25, 0.3) is 0 Å². The van der Waals surface area contributed by atoms with E-state index in [9.17, 15) is 4.79 Å². The molecule has 0 heterocycles. The van der Waals surface area contributed by atoms with Crippen molar-refractivity contribution < 1.29 is 19.0 Å². The third-order valence-electron chi connectivity index (χ3n) is 2.44. The molecule has 1 atom stereocenters. The lowest BCUT2D eigenvalue weighted by Crippen LogP contribution is -2.23. The molecule has 0 aromatic heterocycles. The molecule has 4 heteroatoms. The Labute approximate surface area is 105 Å². The Morgan fingerprint density at radius 1 is 1.12 bits per heavy atom. The molecular weight excluding hydrogens is 220 g/mol. The number of hydrogen-bond donors (Lipinski definition) is 0. The lowest BCUT2D eigenvalue weighted by atomic mass is 10.2. The van der Waals surface area contributed by atoms with Gasteiger partial charge in [0, 0.05) is 6.61 Å². The Balaban J connectivity index is 3.53. The normalized spacial score (nSPS) is 12.2. The number of hydrogen-bond acceptors (Lipinski definition) is 4. The molecule has 0 bridgehead atoms. The molecule has 0 radical (unpaired) electrons. The molecule has 0 spiro atoms. The number of carbonyl (C=O) groups is 1. The van der Waals surface area contributed by atoms with E-state index in [1.165, 1.54) is 12.8 Å². The van der Waals surface area contributed by atoms with Crippen LogP contribution in [0.5, 0.6) is 0 Å². The monoisotopic (exact) mass is 246 g/mol. The van der Waals surface area contributed by atoms with Crippen LogP contribution in [0.4, 0.5) is 4.79 Å². The standard InChI is InChI=1S/C13H26O4/c1-4-7-8-9-10-16-13(14)17-12(5-2)11-15-6-3/h12H,4-11H2,1-3H3. The van der Waals surface area contributed by atoms with E-state index < -0.39 is 6.16 Å². The smallest absolute Gasteiger partial charge is 0.434 e. The van der Waals surface area contributed by atoms with Gasteiger partial charge in [0.05, 0.1) is 13.2 Å². The average molecular weight is 246 g/mol. The van der Waals surface area contributed by atoms with Gasteiger partial charge in [-0.15, -0.1) is 0 Å². The molecule has 0 saturated heterocycles. The molecule has 17 heavy (non-hydrogen) atoms. The summed E-state index contributed by atoms with van der Waals surface area (Å²) < 4.78 is 15.3. The molecule has 102 valence electrons. The molecule has 0 aromatic rings. The fourth-order valence-electron chi connectivity index (χ4n) is 1.34. The average Bonchev–Trinajstić information content (AvgIpc) is 2.34. The zero-order chi connectivity index (χ0) is 12.9. The summed E-state index contributed by atoms with van der Waals surface area (Å²) >= 11 is 0. The second kappa shape index (κ2) is 11.7. The summed E-state index contributed by atoms with van der Waals surface area (Å²) in [6.45, 7) is 7.54. The van der Waals surface area contributed by atoms with Crippen molar-refractivity contribution in [2.45, 2.75) is 59.0 Å². The van der Waals surface area contributed by atoms with Gasteiger partial charge in [0.15, 0.2) is 0 Å². The van der Waals surface area contributed by atoms with E-state index in [0.29, 0.717) is 19.8 Å². The number of ether oxygens (including phenoxy) is 3. The van der Waals surface area contributed by atoms with Crippen LogP contribution in [-0.4, -0.2) is 32.1 Å². The Bertz CT molecular complexity index is 182. The number of rotatable bonds is 10. The van der Waals surface area contributed by atoms with E-state index in [4.69, 9.17) is 14.2 Å². The summed E-state index contributed by atoms with van der Waals surface area (Å²) in [4.78, 5) is 11.3. The van der Waals surface area contributed by atoms with Gasteiger partial charge in [-0.2, -0.15) is 0 Å². The number of carbonyl (C=O) groups excluding carboxylic acids is 1. The molecule has 0 saturated carbocycles. The van der Waals surface area contributed by atoms with Crippen LogP contribution in [-0.2, 0) is 14.2 Å². The maximum Gasteiger partial charge on any atom is 0.508 e. The van der Waals surface area contributed by atoms with Gasteiger partial charge in [0.25, 0.3) is 0 Å². The Morgan fingerprint density at radius 3 is 2.47 bits per heavy atom. The highest BCUT2D eigenvalue weighted by atomic mass is 16.7. The first-order valence-electron chi connectivity index (χ1n) is 6.65. The van der Waals surface area contributed by atoms with E-state index in [2.05, 4.69) is 6.92 Å². The molecule has 0 rings (SSSR count). The quantitative estimate of drug-likeness (QED) is 0.437. The molecule has 0 fully saturated rings. The predicted octanol–water partition coefficient (Wildman–Crippen LogP) is 3.54. The lowest BCUT2D eigenvalue weighted by Gasteiger charge is -2.15. The van der Waals surface area contributed by atoms with Gasteiger partial charge in [-0.25, -0.2) is 4.79 Å². The van der Waals surface area contributed by atoms with Crippen molar-refractivity contribution in [3.05, 3.63) is 0 Å². The van der Waals surface area contributed by atoms with Gasteiger partial charge in [0.1, 0.15) is 6.10 Å². The molecule has 0 aliphatic heterocycles. The molecular formula is C13H26O4. The van der Waals surface area contributed by atoms with Crippen LogP contribution in [0.15, 0.2) is 0 Å². The summed E-state index contributed by atoms with van der Waals surface area (Å²) in [7, 11) is 0. The first-order valence-corrected chi connectivity index (χ1v) is 6.65. The molecule has 0 N–H and O–H groups in total. The van der Waals surface area contributed by atoms with E-state index >= 15 is 0 Å². The minimum atomic E-state index is -0.576. The first kappa shape index (κ1) is 16.2. The Morgan fingerprint density at radius 2 is 1.88 bits per heavy atom. The maximum atomic E-state index is 11.3. The highest BCUT2D eigenvalue weighted by Gasteiger charge is 2.13. The largest absolute Gasteiger partial charge is 0.508 e. The zero-order valence-electron chi connectivity index (χ0n) is 11.4. The summed E-state index contributed by atoms with van der Waals surface area (Å²) in [5, 5.41) is 0. The highest BCUT2D eigenvalue weighted by Crippen LogP contribution is 2.03. The van der Waals surface area contributed by atoms with Crippen LogP contribution < -0.4 is 0 Å². The van der Waals surface area contributed by atoms with Gasteiger partial charge in [0.2, 0.25) is 0 Å². The van der Waals surface area contributed by atoms with Crippen molar-refractivity contribution in [3.8, 4) is 0 Å². The SMILES string of the molecule is CCCCCCOC(=O)OC(CC)COCC. The molecule has 0 amide bonds. The first-order chi connectivity index (χ1) is 8.24. The van der Waals surface area contributed by atoms with Crippen molar-refractivity contribution in [2.24, 2.45) is 0 Å². The Kier molecular flexibility index (Phi) is 11.2. The van der Waals surface area contributed by atoms with Crippen molar-refractivity contribution in [1.29, 1.82) is 0 Å². The van der Waals surface area contributed by atoms with Crippen molar-refractivity contribution >= 4 is 6.16 Å². The summed E-state index contributed by atoms with van der Waals surface area (Å²) in [6, 6.07) is 0. The van der Waals surface area contributed by atoms with Gasteiger partial charge < -0.3 is 14.2 Å². The molecule has 4 nitrogen and oxygen atoms in total. The van der Waals surface area contributed by atoms with Crippen LogP contribution in [0.1, 0.15) is 52.9 Å². The van der Waals surface area contributed by atoms with Gasteiger partial charge in [-0.3, -0.25) is 0 Å². The van der Waals surface area contributed by atoms with Gasteiger partial charge >= 0.3 is 6.16 Å². The van der Waals surface area contributed by atoms with Crippen LogP contribution in [0.3, 0.4) is 0 Å². The van der Waals surface area contributed by atoms with E-state index in [-0.39, 0.29) is 6.10 Å². The Hall–Kier alpha value is -0.770. The van der Waals surface area contributed by atoms with Crippen LogP contribution >= 0.6 is 0 Å². The highest BCUT2D eigenvalue weighted by molar-refractivity contribution is 5.60. The predicted molar refractivity (Wildman–Crippen MR) is 67.1 cm³/mol. The fourth-order valence-corrected chi connectivity index (χ4v) is 1.34. The van der Waals surface area contributed by atoms with Gasteiger partial charge in [-0.1, -0.05) is 33.1 Å². The summed E-state index contributed by atoms with van der Waals surface area (Å²) in [5.41, 5.74) is 0. The minimum Gasteiger partial charge on any atom is -0.434 e. The zero-order valence-corrected chi connectivity index (χ0v) is 11.4. The lowest BCUT2D eigenvalue weighted by molar-refractivity contribution is -0.0156. The van der Waals surface area contributed by atoms with Gasteiger partial charge in [-0.05, 0) is 19.8 Å². The van der Waals surface area contributed by atoms with Crippen LogP contribution in [0.2, 0.25) is 0 Å². The molecule has 0 aliphatic rings. The van der Waals surface area contributed by atoms with E-state index in [0.717, 1.165) is 19.3 Å². The van der Waals surface area contributed by atoms with Crippen molar-refractivity contribution in [3.63, 3.8) is 0 Å². The second-order valence-electron chi connectivity index (χ2n) is 3.97. The third kappa shape index (κ3) is 10.1. The van der Waals surface area contributed by atoms with Crippen molar-refractivity contribution in [1.82, 2.24) is 0 Å². The second-order valence-corrected chi connectivity index (χ2v) is 3.97. The van der Waals surface area contributed by atoms with Crippen LogP contribution in [0, 0.1) is 0 Å². The third-order valence-corrected chi connectivity index (χ3v) is 2.44. The fraction of sp³-hybridized carbons (Fsp3) is 0.923. The van der Waals surface area contributed by atoms with E-state index in [1.54, 1.807) is 0 Å². The molecule has 0 aromatic carbocycles. The molecule has 1 unspecified atom stereocenters. The summed E-state index contributed by atoms with van der Waals surface area (Å²) in [6.07, 6.45) is 4.33. The van der Waals surface area contributed by atoms with Crippen molar-refractivity contribution in [2.75, 3.05) is 19.8 Å². The topological polar surface area (TPSA) is 44.8 Å². The van der Waals surface area contributed by atoms with E-state index in [1.807, 2.05) is 13.8 Å². The summed E-state index contributed by atoms with van der Waals surface area (Å²) in [5.74, 6) is 0. The maximum absolute atomic E-state index is 11.3. The number of unbranched alkanes of at least 4 members (excludes halogenated alkanes) is 3.